The molecule has 7 nitrogen and oxygen atoms in total. The van der Waals surface area contributed by atoms with Crippen molar-refractivity contribution in [2.45, 2.75) is 91.2 Å². The van der Waals surface area contributed by atoms with Crippen LogP contribution in [0, 0.1) is 29.1 Å². The topological polar surface area (TPSA) is 92.6 Å². The lowest BCUT2D eigenvalue weighted by Crippen LogP contribution is -2.47. The number of ether oxygens (including phenoxy) is 1. The number of nitrogens with zero attached hydrogens (tertiary/aromatic N) is 3. The highest BCUT2D eigenvalue weighted by molar-refractivity contribution is 7.15. The minimum atomic E-state index is -1.01. The average molecular weight is 524 g/mol. The molecule has 0 aromatic carbocycles. The Morgan fingerprint density at radius 2 is 1.81 bits per heavy atom. The summed E-state index contributed by atoms with van der Waals surface area (Å²) in [4.78, 5) is 37.1. The standard InChI is InChI=1S/C29H37N3O4S/c1-19-5-7-20(8-6-19)27(33)32(21-9-11-22(12-10-21)36-25-14-16-30-18-31-25)24-17-23(13-15-29(2,3)4)37-26(24)28(34)35/h14,16-22H,5-12H2,1-4H3,(H,34,35)/t19-,20-,21-,22-. The molecule has 1 amide bonds. The monoisotopic (exact) mass is 523 g/mol. The molecule has 4 rings (SSSR count). The number of hydrogen-bond donors (Lipinski definition) is 1. The van der Waals surface area contributed by atoms with Gasteiger partial charge in [0, 0.05) is 29.6 Å². The van der Waals surface area contributed by atoms with Crippen LogP contribution in [0.1, 0.15) is 93.6 Å². The van der Waals surface area contributed by atoms with Crippen LogP contribution in [0.15, 0.2) is 24.7 Å². The lowest BCUT2D eigenvalue weighted by molar-refractivity contribution is -0.124. The van der Waals surface area contributed by atoms with Crippen LogP contribution in [0.25, 0.3) is 0 Å². The summed E-state index contributed by atoms with van der Waals surface area (Å²) in [5.74, 6) is 6.50. The highest BCUT2D eigenvalue weighted by Gasteiger charge is 2.37. The van der Waals surface area contributed by atoms with Gasteiger partial charge in [0.05, 0.1) is 10.6 Å². The van der Waals surface area contributed by atoms with Crippen molar-refractivity contribution in [2.24, 2.45) is 17.3 Å². The van der Waals surface area contributed by atoms with Gasteiger partial charge in [0.2, 0.25) is 11.8 Å². The maximum absolute atomic E-state index is 14.0. The number of amides is 1. The van der Waals surface area contributed by atoms with Gasteiger partial charge in [-0.1, -0.05) is 18.8 Å². The Kier molecular flexibility index (Phi) is 8.53. The number of rotatable bonds is 6. The number of carboxylic acids is 1. The molecular formula is C29H37N3O4S. The van der Waals surface area contributed by atoms with Crippen molar-refractivity contribution in [1.29, 1.82) is 0 Å². The Morgan fingerprint density at radius 3 is 2.41 bits per heavy atom. The Labute approximate surface area is 223 Å². The van der Waals surface area contributed by atoms with Crippen molar-refractivity contribution in [3.8, 4) is 17.7 Å². The second-order valence-electron chi connectivity index (χ2n) is 11.4. The smallest absolute Gasteiger partial charge is 0.348 e. The van der Waals surface area contributed by atoms with Crippen molar-refractivity contribution >= 4 is 28.9 Å². The SMILES string of the molecule is CC(C)(C)C#Cc1cc(N(C(=O)[C@H]2CC[C@H](C)CC2)[C@H]2CC[C@H](Oc3ccncn3)CC2)c(C(=O)O)s1. The number of anilines is 1. The van der Waals surface area contributed by atoms with E-state index in [9.17, 15) is 14.7 Å². The summed E-state index contributed by atoms with van der Waals surface area (Å²) in [6, 6.07) is 3.49. The normalized spacial score (nSPS) is 24.0. The summed E-state index contributed by atoms with van der Waals surface area (Å²) >= 11 is 1.16. The molecule has 0 atom stereocenters. The van der Waals surface area contributed by atoms with Crippen LogP contribution in [0.5, 0.6) is 5.88 Å². The molecule has 8 heteroatoms. The fourth-order valence-corrected chi connectivity index (χ4v) is 6.01. The highest BCUT2D eigenvalue weighted by atomic mass is 32.1. The molecule has 0 radical (unpaired) electrons. The third-order valence-corrected chi connectivity index (χ3v) is 8.21. The number of thiophene rings is 1. The van der Waals surface area contributed by atoms with E-state index < -0.39 is 5.97 Å². The van der Waals surface area contributed by atoms with Gasteiger partial charge in [-0.05, 0) is 84.1 Å². The molecule has 37 heavy (non-hydrogen) atoms. The third-order valence-electron chi connectivity index (χ3n) is 7.18. The van der Waals surface area contributed by atoms with Crippen molar-refractivity contribution < 1.29 is 19.4 Å². The van der Waals surface area contributed by atoms with E-state index >= 15 is 0 Å². The third kappa shape index (κ3) is 7.10. The molecule has 2 aromatic heterocycles. The first-order valence-electron chi connectivity index (χ1n) is 13.3. The molecule has 0 aliphatic heterocycles. The van der Waals surface area contributed by atoms with Crippen LogP contribution in [0.2, 0.25) is 0 Å². The maximum atomic E-state index is 14.0. The van der Waals surface area contributed by atoms with Gasteiger partial charge in [-0.15, -0.1) is 11.3 Å². The predicted molar refractivity (Wildman–Crippen MR) is 145 cm³/mol. The summed E-state index contributed by atoms with van der Waals surface area (Å²) in [6.07, 6.45) is 9.91. The van der Waals surface area contributed by atoms with Gasteiger partial charge < -0.3 is 14.7 Å². The van der Waals surface area contributed by atoms with E-state index in [4.69, 9.17) is 4.74 Å². The number of carboxylic acid groups (broad SMARTS) is 1. The fourth-order valence-electron chi connectivity index (χ4n) is 5.16. The van der Waals surface area contributed by atoms with Crippen LogP contribution in [0.3, 0.4) is 0 Å². The number of hydrogen-bond acceptors (Lipinski definition) is 6. The van der Waals surface area contributed by atoms with Crippen LogP contribution >= 0.6 is 11.3 Å². The van der Waals surface area contributed by atoms with Crippen molar-refractivity contribution in [1.82, 2.24) is 9.97 Å². The summed E-state index contributed by atoms with van der Waals surface area (Å²) in [5.41, 5.74) is 0.295. The van der Waals surface area contributed by atoms with E-state index in [-0.39, 0.29) is 34.3 Å². The molecular weight excluding hydrogens is 486 g/mol. The van der Waals surface area contributed by atoms with Crippen molar-refractivity contribution in [3.63, 3.8) is 0 Å². The van der Waals surface area contributed by atoms with Gasteiger partial charge >= 0.3 is 5.97 Å². The molecule has 2 fully saturated rings. The van der Waals surface area contributed by atoms with E-state index in [1.165, 1.54) is 6.33 Å². The minimum Gasteiger partial charge on any atom is -0.477 e. The van der Waals surface area contributed by atoms with E-state index in [2.05, 4.69) is 28.7 Å². The van der Waals surface area contributed by atoms with Gasteiger partial charge in [-0.2, -0.15) is 0 Å². The van der Waals surface area contributed by atoms with Gasteiger partial charge in [-0.3, -0.25) is 4.79 Å². The Bertz CT molecular complexity index is 1150. The molecule has 1 N–H and O–H groups in total. The molecule has 0 spiro atoms. The molecule has 198 valence electrons. The zero-order valence-corrected chi connectivity index (χ0v) is 23.0. The molecule has 2 aliphatic rings. The van der Waals surface area contributed by atoms with Crippen LogP contribution in [-0.2, 0) is 4.79 Å². The first-order valence-corrected chi connectivity index (χ1v) is 14.1. The lowest BCUT2D eigenvalue weighted by atomic mass is 9.81. The fraction of sp³-hybridized carbons (Fsp3) is 0.586. The molecule has 2 aliphatic carbocycles. The summed E-state index contributed by atoms with van der Waals surface area (Å²) < 4.78 is 6.04. The largest absolute Gasteiger partial charge is 0.477 e. The zero-order valence-electron chi connectivity index (χ0n) is 22.2. The Balaban J connectivity index is 1.61. The van der Waals surface area contributed by atoms with E-state index in [1.54, 1.807) is 12.3 Å². The molecule has 2 saturated carbocycles. The van der Waals surface area contributed by atoms with Crippen LogP contribution < -0.4 is 9.64 Å². The van der Waals surface area contributed by atoms with Gasteiger partial charge in [0.1, 0.15) is 17.3 Å². The molecule has 2 aromatic rings. The number of carbonyl (C=O) groups is 2. The van der Waals surface area contributed by atoms with Crippen molar-refractivity contribution in [3.05, 3.63) is 34.4 Å². The molecule has 0 saturated heterocycles. The van der Waals surface area contributed by atoms with Crippen LogP contribution in [-0.4, -0.2) is 39.1 Å². The van der Waals surface area contributed by atoms with E-state index in [0.717, 1.165) is 62.7 Å². The number of aromatic nitrogens is 2. The molecule has 2 heterocycles. The number of carbonyl (C=O) groups excluding carboxylic acids is 1. The number of aromatic carboxylic acids is 1. The predicted octanol–water partition coefficient (Wildman–Crippen LogP) is 6.18. The first kappa shape index (κ1) is 27.1. The maximum Gasteiger partial charge on any atom is 0.348 e. The minimum absolute atomic E-state index is 0.00765. The lowest BCUT2D eigenvalue weighted by Gasteiger charge is -2.39. The zero-order chi connectivity index (χ0) is 26.6. The second-order valence-corrected chi connectivity index (χ2v) is 12.4. The summed E-state index contributed by atoms with van der Waals surface area (Å²) in [6.45, 7) is 8.30. The summed E-state index contributed by atoms with van der Waals surface area (Å²) in [5, 5.41) is 10.1. The Hall–Kier alpha value is -2.92. The van der Waals surface area contributed by atoms with Crippen molar-refractivity contribution in [2.75, 3.05) is 4.90 Å². The second kappa shape index (κ2) is 11.6. The molecule has 0 unspecified atom stereocenters. The Morgan fingerprint density at radius 1 is 1.11 bits per heavy atom. The van der Waals surface area contributed by atoms with Gasteiger partial charge in [0.25, 0.3) is 0 Å². The average Bonchev–Trinajstić information content (AvgIpc) is 3.29. The first-order chi connectivity index (χ1) is 17.6. The van der Waals surface area contributed by atoms with E-state index in [0.29, 0.717) is 22.4 Å². The quantitative estimate of drug-likeness (QED) is 0.454. The molecule has 0 bridgehead atoms. The van der Waals surface area contributed by atoms with Gasteiger partial charge in [0.15, 0.2) is 0 Å². The highest BCUT2D eigenvalue weighted by Crippen LogP contribution is 2.39. The van der Waals surface area contributed by atoms with E-state index in [1.807, 2.05) is 31.7 Å². The van der Waals surface area contributed by atoms with Gasteiger partial charge in [-0.25, -0.2) is 14.8 Å². The summed E-state index contributed by atoms with van der Waals surface area (Å²) in [7, 11) is 0. The van der Waals surface area contributed by atoms with Crippen LogP contribution in [0.4, 0.5) is 5.69 Å².